The normalized spacial score (nSPS) is 15.1. The largest absolute Gasteiger partial charge is 0.467 e. The minimum atomic E-state index is -0.0496. The van der Waals surface area contributed by atoms with Crippen molar-refractivity contribution >= 4 is 17.2 Å². The highest BCUT2D eigenvalue weighted by atomic mass is 32.1. The number of amides is 1. The molecule has 0 saturated heterocycles. The zero-order chi connectivity index (χ0) is 17.2. The van der Waals surface area contributed by atoms with Crippen LogP contribution in [0.1, 0.15) is 37.3 Å². The number of carbonyl (C=O) groups is 1. The van der Waals surface area contributed by atoms with E-state index in [-0.39, 0.29) is 11.9 Å². The second kappa shape index (κ2) is 6.80. The molecule has 1 atom stereocenters. The maximum Gasteiger partial charge on any atom is 0.229 e. The van der Waals surface area contributed by atoms with Crippen LogP contribution in [-0.4, -0.2) is 26.8 Å². The van der Waals surface area contributed by atoms with Crippen molar-refractivity contribution in [1.29, 1.82) is 0 Å². The molecule has 5 nitrogen and oxygen atoms in total. The Morgan fingerprint density at radius 3 is 2.96 bits per heavy atom. The van der Waals surface area contributed by atoms with Gasteiger partial charge in [-0.1, -0.05) is 0 Å². The van der Waals surface area contributed by atoms with Gasteiger partial charge in [-0.3, -0.25) is 9.78 Å². The molecule has 0 bridgehead atoms. The highest BCUT2D eigenvalue weighted by Crippen LogP contribution is 2.35. The Morgan fingerprint density at radius 2 is 2.28 bits per heavy atom. The van der Waals surface area contributed by atoms with E-state index in [9.17, 15) is 4.79 Å². The van der Waals surface area contributed by atoms with E-state index in [1.54, 1.807) is 30.0 Å². The zero-order valence-electron chi connectivity index (χ0n) is 14.0. The van der Waals surface area contributed by atoms with E-state index in [0.717, 1.165) is 34.9 Å². The Balaban J connectivity index is 1.50. The van der Waals surface area contributed by atoms with Crippen LogP contribution in [0.2, 0.25) is 0 Å². The van der Waals surface area contributed by atoms with Gasteiger partial charge in [-0.15, -0.1) is 11.3 Å². The Hall–Kier alpha value is -2.47. The summed E-state index contributed by atoms with van der Waals surface area (Å²) in [5.41, 5.74) is 1.79. The molecule has 3 heterocycles. The number of pyridine rings is 1. The Labute approximate surface area is 150 Å². The fourth-order valence-corrected chi connectivity index (χ4v) is 3.82. The summed E-state index contributed by atoms with van der Waals surface area (Å²) in [4.78, 5) is 23.6. The summed E-state index contributed by atoms with van der Waals surface area (Å²) in [5.74, 6) is 0.934. The van der Waals surface area contributed by atoms with Crippen molar-refractivity contribution in [3.05, 3.63) is 59.8 Å². The van der Waals surface area contributed by atoms with Crippen LogP contribution in [0, 0.1) is 0 Å². The zero-order valence-corrected chi connectivity index (χ0v) is 14.8. The van der Waals surface area contributed by atoms with Crippen molar-refractivity contribution in [2.75, 3.05) is 0 Å². The first-order valence-corrected chi connectivity index (χ1v) is 9.29. The van der Waals surface area contributed by atoms with Gasteiger partial charge in [-0.2, -0.15) is 0 Å². The Morgan fingerprint density at radius 1 is 1.40 bits per heavy atom. The van der Waals surface area contributed by atoms with Gasteiger partial charge in [0.15, 0.2) is 0 Å². The van der Waals surface area contributed by atoms with Gasteiger partial charge in [0.1, 0.15) is 10.8 Å². The van der Waals surface area contributed by atoms with Gasteiger partial charge in [0.25, 0.3) is 0 Å². The second-order valence-electron chi connectivity index (χ2n) is 6.29. The van der Waals surface area contributed by atoms with Crippen molar-refractivity contribution in [2.45, 2.75) is 38.3 Å². The minimum Gasteiger partial charge on any atom is -0.467 e. The lowest BCUT2D eigenvalue weighted by atomic mass is 10.2. The van der Waals surface area contributed by atoms with Crippen LogP contribution in [0.25, 0.3) is 10.6 Å². The van der Waals surface area contributed by atoms with Crippen LogP contribution < -0.4 is 0 Å². The third kappa shape index (κ3) is 3.49. The molecule has 0 N–H and O–H groups in total. The molecule has 1 amide bonds. The summed E-state index contributed by atoms with van der Waals surface area (Å²) >= 11 is 1.55. The van der Waals surface area contributed by atoms with Gasteiger partial charge in [-0.25, -0.2) is 4.98 Å². The number of hydrogen-bond acceptors (Lipinski definition) is 5. The molecule has 3 aromatic heterocycles. The van der Waals surface area contributed by atoms with Gasteiger partial charge in [0.2, 0.25) is 5.91 Å². The van der Waals surface area contributed by atoms with E-state index in [1.165, 1.54) is 0 Å². The lowest BCUT2D eigenvalue weighted by Gasteiger charge is -2.28. The Bertz CT molecular complexity index is 841. The van der Waals surface area contributed by atoms with Gasteiger partial charge < -0.3 is 9.32 Å². The molecule has 0 aliphatic heterocycles. The van der Waals surface area contributed by atoms with Crippen LogP contribution in [0.15, 0.2) is 52.7 Å². The van der Waals surface area contributed by atoms with Gasteiger partial charge in [0.05, 0.1) is 24.4 Å². The molecule has 0 aromatic carbocycles. The van der Waals surface area contributed by atoms with Crippen LogP contribution in [0.5, 0.6) is 0 Å². The first-order chi connectivity index (χ1) is 12.2. The summed E-state index contributed by atoms with van der Waals surface area (Å²) < 4.78 is 5.50. The summed E-state index contributed by atoms with van der Waals surface area (Å²) in [6.45, 7) is 2.02. The van der Waals surface area contributed by atoms with E-state index >= 15 is 0 Å². The number of hydrogen-bond donors (Lipinski definition) is 0. The molecule has 3 aromatic rings. The maximum atomic E-state index is 12.9. The number of rotatable bonds is 6. The molecule has 0 radical (unpaired) electrons. The molecule has 6 heteroatoms. The number of furan rings is 1. The van der Waals surface area contributed by atoms with Crippen molar-refractivity contribution < 1.29 is 9.21 Å². The molecule has 1 saturated carbocycles. The van der Waals surface area contributed by atoms with E-state index in [2.05, 4.69) is 9.97 Å². The molecule has 1 aliphatic rings. The quantitative estimate of drug-likeness (QED) is 0.670. The predicted octanol–water partition coefficient (Wildman–Crippen LogP) is 4.09. The highest BCUT2D eigenvalue weighted by molar-refractivity contribution is 7.13. The van der Waals surface area contributed by atoms with Crippen molar-refractivity contribution in [1.82, 2.24) is 14.9 Å². The van der Waals surface area contributed by atoms with Crippen LogP contribution in [0.4, 0.5) is 0 Å². The minimum absolute atomic E-state index is 0.0496. The fourth-order valence-electron chi connectivity index (χ4n) is 3.01. The highest BCUT2D eigenvalue weighted by Gasteiger charge is 2.37. The second-order valence-corrected chi connectivity index (χ2v) is 7.14. The first-order valence-electron chi connectivity index (χ1n) is 8.42. The predicted molar refractivity (Wildman–Crippen MR) is 96.0 cm³/mol. The number of thiazole rings is 1. The molecule has 0 unspecified atom stereocenters. The summed E-state index contributed by atoms with van der Waals surface area (Å²) in [7, 11) is 0. The number of aromatic nitrogens is 2. The average Bonchev–Trinajstić information content (AvgIpc) is 3.13. The molecule has 1 fully saturated rings. The van der Waals surface area contributed by atoms with Crippen molar-refractivity contribution in [3.63, 3.8) is 0 Å². The molecule has 128 valence electrons. The van der Waals surface area contributed by atoms with E-state index < -0.39 is 0 Å². The fraction of sp³-hybridized carbons (Fsp3) is 0.316. The van der Waals surface area contributed by atoms with Crippen LogP contribution >= 0.6 is 11.3 Å². The monoisotopic (exact) mass is 353 g/mol. The van der Waals surface area contributed by atoms with E-state index in [1.807, 2.05) is 41.5 Å². The number of nitrogens with zero attached hydrogens (tertiary/aromatic N) is 3. The molecular formula is C19H19N3O2S. The van der Waals surface area contributed by atoms with Crippen molar-refractivity contribution in [2.24, 2.45) is 0 Å². The van der Waals surface area contributed by atoms with E-state index in [0.29, 0.717) is 12.5 Å². The Kier molecular flexibility index (Phi) is 4.36. The third-order valence-electron chi connectivity index (χ3n) is 4.39. The lowest BCUT2D eigenvalue weighted by molar-refractivity contribution is -0.133. The summed E-state index contributed by atoms with van der Waals surface area (Å²) in [6, 6.07) is 7.93. The SMILES string of the molecule is C[C@@H](c1ccco1)N(C(=O)Cc1csc(-c2cccnc2)n1)C1CC1. The summed E-state index contributed by atoms with van der Waals surface area (Å²) in [5, 5.41) is 2.86. The molecule has 0 spiro atoms. The molecular weight excluding hydrogens is 334 g/mol. The lowest BCUT2D eigenvalue weighted by Crippen LogP contribution is -2.36. The van der Waals surface area contributed by atoms with Gasteiger partial charge in [0, 0.05) is 29.4 Å². The van der Waals surface area contributed by atoms with E-state index in [4.69, 9.17) is 4.42 Å². The van der Waals surface area contributed by atoms with Gasteiger partial charge >= 0.3 is 0 Å². The topological polar surface area (TPSA) is 59.2 Å². The maximum absolute atomic E-state index is 12.9. The summed E-state index contributed by atoms with van der Waals surface area (Å²) in [6.07, 6.45) is 7.63. The molecule has 4 rings (SSSR count). The molecule has 25 heavy (non-hydrogen) atoms. The van der Waals surface area contributed by atoms with Crippen molar-refractivity contribution in [3.8, 4) is 10.6 Å². The van der Waals surface area contributed by atoms with Crippen LogP contribution in [-0.2, 0) is 11.2 Å². The standard InChI is InChI=1S/C19H19N3O2S/c1-13(17-5-3-9-24-17)22(16-6-7-16)18(23)10-15-12-25-19(21-15)14-4-2-8-20-11-14/h2-5,8-9,11-13,16H,6-7,10H2,1H3/t13-/m0/s1. The first kappa shape index (κ1) is 16.0. The molecule has 1 aliphatic carbocycles. The van der Waals surface area contributed by atoms with Crippen LogP contribution in [0.3, 0.4) is 0 Å². The third-order valence-corrected chi connectivity index (χ3v) is 5.33. The van der Waals surface area contributed by atoms with Gasteiger partial charge in [-0.05, 0) is 44.0 Å². The smallest absolute Gasteiger partial charge is 0.229 e. The number of carbonyl (C=O) groups excluding carboxylic acids is 1. The average molecular weight is 353 g/mol.